The topological polar surface area (TPSA) is 72.7 Å². The van der Waals surface area contributed by atoms with Gasteiger partial charge in [0.05, 0.1) is 17.1 Å². The Morgan fingerprint density at radius 1 is 1.35 bits per heavy atom. The summed E-state index contributed by atoms with van der Waals surface area (Å²) < 4.78 is 5.59. The predicted octanol–water partition coefficient (Wildman–Crippen LogP) is 2.15. The molecule has 0 aliphatic carbocycles. The van der Waals surface area contributed by atoms with E-state index < -0.39 is 4.92 Å². The summed E-state index contributed by atoms with van der Waals surface area (Å²) in [5, 5.41) is 10.9. The van der Waals surface area contributed by atoms with Crippen molar-refractivity contribution in [2.24, 2.45) is 0 Å². The number of amides is 1. The monoisotopic (exact) mass is 278 g/mol. The van der Waals surface area contributed by atoms with Gasteiger partial charge in [0, 0.05) is 30.3 Å². The second-order valence-corrected chi connectivity index (χ2v) is 5.17. The Hall–Kier alpha value is -1.95. The average Bonchev–Trinajstić information content (AvgIpc) is 2.36. The van der Waals surface area contributed by atoms with Crippen LogP contribution in [0.15, 0.2) is 18.2 Å². The number of benzene rings is 1. The maximum atomic E-state index is 12.5. The van der Waals surface area contributed by atoms with Crippen LogP contribution in [-0.4, -0.2) is 41.0 Å². The second-order valence-electron chi connectivity index (χ2n) is 5.17. The summed E-state index contributed by atoms with van der Waals surface area (Å²) in [6, 6.07) is 4.60. The Morgan fingerprint density at radius 3 is 2.50 bits per heavy atom. The number of carbonyl (C=O) groups is 1. The molecule has 1 saturated heterocycles. The SMILES string of the molecule is Cc1c(C(=O)N2C[C@@H](C)O[C@@H](C)C2)cccc1[N+](=O)[O-]. The number of carbonyl (C=O) groups excluding carboxylic acids is 1. The van der Waals surface area contributed by atoms with Gasteiger partial charge in [-0.3, -0.25) is 14.9 Å². The first-order valence-corrected chi connectivity index (χ1v) is 6.59. The predicted molar refractivity (Wildman–Crippen MR) is 73.7 cm³/mol. The maximum absolute atomic E-state index is 12.5. The smallest absolute Gasteiger partial charge is 0.273 e. The molecule has 0 bridgehead atoms. The Balaban J connectivity index is 2.29. The molecule has 1 aliphatic rings. The largest absolute Gasteiger partial charge is 0.372 e. The summed E-state index contributed by atoms with van der Waals surface area (Å²) >= 11 is 0. The lowest BCUT2D eigenvalue weighted by atomic mass is 10.0. The third-order valence-electron chi connectivity index (χ3n) is 3.44. The van der Waals surface area contributed by atoms with E-state index in [1.54, 1.807) is 24.0 Å². The maximum Gasteiger partial charge on any atom is 0.273 e. The van der Waals surface area contributed by atoms with Crippen LogP contribution in [0.25, 0.3) is 0 Å². The first-order valence-electron chi connectivity index (χ1n) is 6.59. The van der Waals surface area contributed by atoms with Crippen LogP contribution in [0.3, 0.4) is 0 Å². The molecule has 1 fully saturated rings. The molecular formula is C14H18N2O4. The molecule has 2 rings (SSSR count). The molecule has 1 aliphatic heterocycles. The van der Waals surface area contributed by atoms with E-state index in [-0.39, 0.29) is 23.8 Å². The van der Waals surface area contributed by atoms with E-state index in [2.05, 4.69) is 0 Å². The van der Waals surface area contributed by atoms with Crippen molar-refractivity contribution >= 4 is 11.6 Å². The van der Waals surface area contributed by atoms with Gasteiger partial charge in [-0.2, -0.15) is 0 Å². The fourth-order valence-corrected chi connectivity index (χ4v) is 2.57. The fraction of sp³-hybridized carbons (Fsp3) is 0.500. The average molecular weight is 278 g/mol. The van der Waals surface area contributed by atoms with E-state index in [0.29, 0.717) is 24.2 Å². The lowest BCUT2D eigenvalue weighted by Crippen LogP contribution is -2.48. The highest BCUT2D eigenvalue weighted by atomic mass is 16.6. The molecule has 0 aromatic heterocycles. The highest BCUT2D eigenvalue weighted by Gasteiger charge is 2.28. The summed E-state index contributed by atoms with van der Waals surface area (Å²) in [4.78, 5) is 24.7. The Bertz CT molecular complexity index is 534. The summed E-state index contributed by atoms with van der Waals surface area (Å²) in [6.07, 6.45) is -0.0524. The Morgan fingerprint density at radius 2 is 1.95 bits per heavy atom. The summed E-state index contributed by atoms with van der Waals surface area (Å²) in [7, 11) is 0. The molecule has 20 heavy (non-hydrogen) atoms. The number of nitrogens with zero attached hydrogens (tertiary/aromatic N) is 2. The minimum atomic E-state index is -0.462. The molecular weight excluding hydrogens is 260 g/mol. The van der Waals surface area contributed by atoms with E-state index in [1.165, 1.54) is 6.07 Å². The molecule has 0 radical (unpaired) electrons. The van der Waals surface area contributed by atoms with E-state index in [4.69, 9.17) is 4.74 Å². The lowest BCUT2D eigenvalue weighted by molar-refractivity contribution is -0.385. The number of nitro groups is 1. The van der Waals surface area contributed by atoms with Gasteiger partial charge in [0.1, 0.15) is 0 Å². The number of hydrogen-bond donors (Lipinski definition) is 0. The minimum Gasteiger partial charge on any atom is -0.372 e. The zero-order valence-electron chi connectivity index (χ0n) is 11.8. The third-order valence-corrected chi connectivity index (χ3v) is 3.44. The Kier molecular flexibility index (Phi) is 4.04. The molecule has 0 N–H and O–H groups in total. The van der Waals surface area contributed by atoms with Crippen molar-refractivity contribution in [1.82, 2.24) is 4.90 Å². The van der Waals surface area contributed by atoms with Gasteiger partial charge < -0.3 is 9.64 Å². The second kappa shape index (κ2) is 5.58. The van der Waals surface area contributed by atoms with Gasteiger partial charge in [-0.25, -0.2) is 0 Å². The highest BCUT2D eigenvalue weighted by Crippen LogP contribution is 2.23. The van der Waals surface area contributed by atoms with E-state index >= 15 is 0 Å². The van der Waals surface area contributed by atoms with Crippen LogP contribution in [0.2, 0.25) is 0 Å². The molecule has 6 nitrogen and oxygen atoms in total. The molecule has 0 unspecified atom stereocenters. The van der Waals surface area contributed by atoms with Gasteiger partial charge in [-0.15, -0.1) is 0 Å². The van der Waals surface area contributed by atoms with Gasteiger partial charge in [-0.1, -0.05) is 6.07 Å². The van der Waals surface area contributed by atoms with Crippen LogP contribution in [0, 0.1) is 17.0 Å². The molecule has 0 spiro atoms. The molecule has 1 aromatic rings. The molecule has 1 amide bonds. The Labute approximate surface area is 117 Å². The summed E-state index contributed by atoms with van der Waals surface area (Å²) in [5.41, 5.74) is 0.778. The zero-order chi connectivity index (χ0) is 14.9. The number of ether oxygens (including phenoxy) is 1. The summed E-state index contributed by atoms with van der Waals surface area (Å²) in [5.74, 6) is -0.173. The van der Waals surface area contributed by atoms with Crippen molar-refractivity contribution < 1.29 is 14.5 Å². The molecule has 6 heteroatoms. The minimum absolute atomic E-state index is 0.0230. The van der Waals surface area contributed by atoms with Crippen molar-refractivity contribution in [2.75, 3.05) is 13.1 Å². The zero-order valence-corrected chi connectivity index (χ0v) is 11.8. The standard InChI is InChI=1S/C14H18N2O4/c1-9-7-15(8-10(2)20-9)14(17)12-5-4-6-13(11(12)3)16(18)19/h4-6,9-10H,7-8H2,1-3H3/t9-,10+. The van der Waals surface area contributed by atoms with Crippen molar-refractivity contribution in [1.29, 1.82) is 0 Å². The quantitative estimate of drug-likeness (QED) is 0.613. The van der Waals surface area contributed by atoms with E-state index in [1.807, 2.05) is 13.8 Å². The van der Waals surface area contributed by atoms with Crippen molar-refractivity contribution in [2.45, 2.75) is 33.0 Å². The van der Waals surface area contributed by atoms with Gasteiger partial charge in [-0.05, 0) is 26.8 Å². The number of hydrogen-bond acceptors (Lipinski definition) is 4. The van der Waals surface area contributed by atoms with Crippen LogP contribution in [0.4, 0.5) is 5.69 Å². The normalized spacial score (nSPS) is 22.6. The lowest BCUT2D eigenvalue weighted by Gasteiger charge is -2.35. The third kappa shape index (κ3) is 2.80. The van der Waals surface area contributed by atoms with Crippen LogP contribution in [-0.2, 0) is 4.74 Å². The molecule has 1 aromatic carbocycles. The van der Waals surface area contributed by atoms with E-state index in [9.17, 15) is 14.9 Å². The van der Waals surface area contributed by atoms with Crippen LogP contribution in [0.5, 0.6) is 0 Å². The van der Waals surface area contributed by atoms with Gasteiger partial charge in [0.15, 0.2) is 0 Å². The molecule has 2 atom stereocenters. The first-order chi connectivity index (χ1) is 9.40. The fourth-order valence-electron chi connectivity index (χ4n) is 2.57. The van der Waals surface area contributed by atoms with Crippen molar-refractivity contribution in [3.05, 3.63) is 39.4 Å². The van der Waals surface area contributed by atoms with Crippen molar-refractivity contribution in [3.8, 4) is 0 Å². The highest BCUT2D eigenvalue weighted by molar-refractivity contribution is 5.96. The number of morpholine rings is 1. The van der Waals surface area contributed by atoms with Crippen molar-refractivity contribution in [3.63, 3.8) is 0 Å². The van der Waals surface area contributed by atoms with Gasteiger partial charge >= 0.3 is 0 Å². The molecule has 108 valence electrons. The van der Waals surface area contributed by atoms with Crippen LogP contribution in [0.1, 0.15) is 29.8 Å². The van der Waals surface area contributed by atoms with Gasteiger partial charge in [0.2, 0.25) is 0 Å². The number of rotatable bonds is 2. The van der Waals surface area contributed by atoms with Crippen LogP contribution >= 0.6 is 0 Å². The molecule has 0 saturated carbocycles. The molecule has 1 heterocycles. The van der Waals surface area contributed by atoms with Crippen LogP contribution < -0.4 is 0 Å². The first kappa shape index (κ1) is 14.5. The van der Waals surface area contributed by atoms with E-state index in [0.717, 1.165) is 0 Å². The summed E-state index contributed by atoms with van der Waals surface area (Å²) in [6.45, 7) is 6.45. The van der Waals surface area contributed by atoms with Gasteiger partial charge in [0.25, 0.3) is 11.6 Å². The number of nitro benzene ring substituents is 1.